The summed E-state index contributed by atoms with van der Waals surface area (Å²) < 4.78 is 18.3. The Labute approximate surface area is 144 Å². The van der Waals surface area contributed by atoms with Gasteiger partial charge in [-0.05, 0) is 55.5 Å². The number of carbonyl (C=O) groups excluding carboxylic acids is 1. The molecule has 0 saturated heterocycles. The molecular weight excluding hydrogens is 337 g/mol. The van der Waals surface area contributed by atoms with Crippen LogP contribution in [-0.2, 0) is 4.79 Å². The van der Waals surface area contributed by atoms with E-state index in [4.69, 9.17) is 16.3 Å². The van der Waals surface area contributed by atoms with Crippen molar-refractivity contribution in [3.63, 3.8) is 0 Å². The van der Waals surface area contributed by atoms with Crippen molar-refractivity contribution in [3.05, 3.63) is 59.4 Å². The summed E-state index contributed by atoms with van der Waals surface area (Å²) in [6.07, 6.45) is -0.638. The monoisotopic (exact) mass is 353 g/mol. The average molecular weight is 354 g/mol. The van der Waals surface area contributed by atoms with Crippen LogP contribution in [-0.4, -0.2) is 24.3 Å². The van der Waals surface area contributed by atoms with Gasteiger partial charge in [-0.15, -0.1) is 11.8 Å². The van der Waals surface area contributed by atoms with Gasteiger partial charge < -0.3 is 10.1 Å². The Balaban J connectivity index is 1.69. The number of benzene rings is 2. The summed E-state index contributed by atoms with van der Waals surface area (Å²) in [4.78, 5) is 13.0. The van der Waals surface area contributed by atoms with Crippen LogP contribution >= 0.6 is 23.4 Å². The second-order valence-electron chi connectivity index (χ2n) is 4.81. The normalized spacial score (nSPS) is 11.8. The van der Waals surface area contributed by atoms with Crippen LogP contribution in [0, 0.1) is 5.82 Å². The molecule has 2 aromatic carbocycles. The number of carbonyl (C=O) groups is 1. The van der Waals surface area contributed by atoms with E-state index in [2.05, 4.69) is 5.32 Å². The minimum absolute atomic E-state index is 0.203. The summed E-state index contributed by atoms with van der Waals surface area (Å²) in [5.41, 5.74) is 0. The number of hydrogen-bond donors (Lipinski definition) is 1. The summed E-state index contributed by atoms with van der Waals surface area (Å²) >= 11 is 7.46. The van der Waals surface area contributed by atoms with E-state index in [0.717, 1.165) is 10.6 Å². The number of amides is 1. The summed E-state index contributed by atoms with van der Waals surface area (Å²) in [7, 11) is 0. The van der Waals surface area contributed by atoms with Crippen molar-refractivity contribution in [1.29, 1.82) is 0 Å². The van der Waals surface area contributed by atoms with E-state index in [-0.39, 0.29) is 11.7 Å². The molecule has 23 heavy (non-hydrogen) atoms. The summed E-state index contributed by atoms with van der Waals surface area (Å²) in [6, 6.07) is 13.1. The maximum absolute atomic E-state index is 12.8. The minimum Gasteiger partial charge on any atom is -0.481 e. The number of nitrogens with one attached hydrogen (secondary N) is 1. The van der Waals surface area contributed by atoms with Crippen LogP contribution in [0.25, 0.3) is 0 Å². The molecule has 0 fully saturated rings. The highest BCUT2D eigenvalue weighted by molar-refractivity contribution is 7.99. The molecule has 0 spiro atoms. The van der Waals surface area contributed by atoms with Crippen molar-refractivity contribution in [2.24, 2.45) is 0 Å². The van der Waals surface area contributed by atoms with E-state index in [1.165, 1.54) is 24.3 Å². The van der Waals surface area contributed by atoms with Gasteiger partial charge in [-0.3, -0.25) is 4.79 Å². The van der Waals surface area contributed by atoms with Gasteiger partial charge in [0.25, 0.3) is 5.91 Å². The zero-order valence-corrected chi connectivity index (χ0v) is 14.2. The third-order valence-corrected chi connectivity index (χ3v) is 4.25. The minimum atomic E-state index is -0.638. The van der Waals surface area contributed by atoms with Crippen molar-refractivity contribution in [1.82, 2.24) is 5.32 Å². The Morgan fingerprint density at radius 2 is 1.87 bits per heavy atom. The quantitative estimate of drug-likeness (QED) is 0.600. The van der Waals surface area contributed by atoms with E-state index >= 15 is 0 Å². The SMILES string of the molecule is CC(Oc1ccc(F)cc1)C(=O)NCCSc1ccc(Cl)cc1. The number of thioether (sulfide) groups is 1. The van der Waals surface area contributed by atoms with Crippen LogP contribution in [0.15, 0.2) is 53.4 Å². The fourth-order valence-electron chi connectivity index (χ4n) is 1.79. The van der Waals surface area contributed by atoms with Gasteiger partial charge in [-0.2, -0.15) is 0 Å². The maximum Gasteiger partial charge on any atom is 0.260 e. The standard InChI is InChI=1S/C17H17ClFNO2S/c1-12(22-15-6-4-14(19)5-7-15)17(21)20-10-11-23-16-8-2-13(18)3-9-16/h2-9,12H,10-11H2,1H3,(H,20,21). The molecule has 0 aliphatic rings. The number of rotatable bonds is 7. The summed E-state index contributed by atoms with van der Waals surface area (Å²) in [5, 5.41) is 3.51. The van der Waals surface area contributed by atoms with E-state index in [1.54, 1.807) is 18.7 Å². The smallest absolute Gasteiger partial charge is 0.260 e. The van der Waals surface area contributed by atoms with Crippen LogP contribution in [0.4, 0.5) is 4.39 Å². The molecule has 1 N–H and O–H groups in total. The molecule has 122 valence electrons. The predicted octanol–water partition coefficient (Wildman–Crippen LogP) is 4.15. The van der Waals surface area contributed by atoms with Crippen LogP contribution in [0.5, 0.6) is 5.75 Å². The molecule has 3 nitrogen and oxygen atoms in total. The van der Waals surface area contributed by atoms with Gasteiger partial charge in [0.1, 0.15) is 11.6 Å². The van der Waals surface area contributed by atoms with E-state index in [9.17, 15) is 9.18 Å². The van der Waals surface area contributed by atoms with Gasteiger partial charge >= 0.3 is 0 Å². The molecule has 0 aliphatic heterocycles. The zero-order chi connectivity index (χ0) is 16.7. The lowest BCUT2D eigenvalue weighted by atomic mass is 10.3. The summed E-state index contributed by atoms with van der Waals surface area (Å²) in [6.45, 7) is 2.19. The van der Waals surface area contributed by atoms with Crippen LogP contribution in [0.3, 0.4) is 0 Å². The fraction of sp³-hybridized carbons (Fsp3) is 0.235. The first-order chi connectivity index (χ1) is 11.0. The fourth-order valence-corrected chi connectivity index (χ4v) is 2.68. The van der Waals surface area contributed by atoms with Crippen molar-refractivity contribution in [3.8, 4) is 5.75 Å². The molecule has 1 atom stereocenters. The van der Waals surface area contributed by atoms with Crippen LogP contribution in [0.1, 0.15) is 6.92 Å². The van der Waals surface area contributed by atoms with Crippen molar-refractivity contribution in [2.75, 3.05) is 12.3 Å². The number of ether oxygens (including phenoxy) is 1. The Hall–Kier alpha value is -1.72. The molecule has 2 aromatic rings. The lowest BCUT2D eigenvalue weighted by Gasteiger charge is -2.14. The molecule has 0 aliphatic carbocycles. The van der Waals surface area contributed by atoms with Gasteiger partial charge in [0.15, 0.2) is 6.10 Å². The van der Waals surface area contributed by atoms with Crippen molar-refractivity contribution >= 4 is 29.3 Å². The topological polar surface area (TPSA) is 38.3 Å². The molecule has 1 amide bonds. The number of hydrogen-bond acceptors (Lipinski definition) is 3. The Morgan fingerprint density at radius 3 is 2.52 bits per heavy atom. The first kappa shape index (κ1) is 17.6. The molecule has 2 rings (SSSR count). The third-order valence-electron chi connectivity index (χ3n) is 2.98. The van der Waals surface area contributed by atoms with Crippen molar-refractivity contribution in [2.45, 2.75) is 17.9 Å². The second-order valence-corrected chi connectivity index (χ2v) is 6.41. The predicted molar refractivity (Wildman–Crippen MR) is 91.7 cm³/mol. The van der Waals surface area contributed by atoms with Gasteiger partial charge in [0.2, 0.25) is 0 Å². The Kier molecular flexibility index (Phi) is 6.74. The Bertz CT molecular complexity index is 634. The third kappa shape index (κ3) is 6.12. The second kappa shape index (κ2) is 8.79. The van der Waals surface area contributed by atoms with Gasteiger partial charge in [-0.1, -0.05) is 11.6 Å². The maximum atomic E-state index is 12.8. The molecule has 0 heterocycles. The lowest BCUT2D eigenvalue weighted by molar-refractivity contribution is -0.127. The first-order valence-electron chi connectivity index (χ1n) is 7.13. The molecule has 0 saturated carbocycles. The number of halogens is 2. The Morgan fingerprint density at radius 1 is 1.22 bits per heavy atom. The highest BCUT2D eigenvalue weighted by atomic mass is 35.5. The van der Waals surface area contributed by atoms with Crippen LogP contribution in [0.2, 0.25) is 5.02 Å². The van der Waals surface area contributed by atoms with E-state index in [1.807, 2.05) is 24.3 Å². The first-order valence-corrected chi connectivity index (χ1v) is 8.49. The van der Waals surface area contributed by atoms with Crippen molar-refractivity contribution < 1.29 is 13.9 Å². The molecule has 0 radical (unpaired) electrons. The van der Waals surface area contributed by atoms with Gasteiger partial charge in [0.05, 0.1) is 0 Å². The molecule has 0 bridgehead atoms. The average Bonchev–Trinajstić information content (AvgIpc) is 2.55. The highest BCUT2D eigenvalue weighted by Crippen LogP contribution is 2.19. The highest BCUT2D eigenvalue weighted by Gasteiger charge is 2.13. The molecule has 1 unspecified atom stereocenters. The summed E-state index contributed by atoms with van der Waals surface area (Å²) in [5.74, 6) is 0.667. The molecular formula is C17H17ClFNO2S. The van der Waals surface area contributed by atoms with Gasteiger partial charge in [-0.25, -0.2) is 4.39 Å². The lowest BCUT2D eigenvalue weighted by Crippen LogP contribution is -2.37. The zero-order valence-electron chi connectivity index (χ0n) is 12.6. The van der Waals surface area contributed by atoms with E-state index in [0.29, 0.717) is 17.3 Å². The molecule has 0 aromatic heterocycles. The van der Waals surface area contributed by atoms with Crippen LogP contribution < -0.4 is 10.1 Å². The van der Waals surface area contributed by atoms with E-state index < -0.39 is 6.10 Å². The van der Waals surface area contributed by atoms with Gasteiger partial charge in [0, 0.05) is 22.2 Å². The largest absolute Gasteiger partial charge is 0.481 e. The molecule has 6 heteroatoms.